The van der Waals surface area contributed by atoms with E-state index in [2.05, 4.69) is 27.3 Å². The second-order valence-corrected chi connectivity index (χ2v) is 9.72. The van der Waals surface area contributed by atoms with Crippen LogP contribution in [0.25, 0.3) is 0 Å². The fraction of sp³-hybridized carbons (Fsp3) is 0.759. The first kappa shape index (κ1) is 36.2. The Morgan fingerprint density at radius 3 is 1.68 bits per heavy atom. The Balaban J connectivity index is 0.000000332. The van der Waals surface area contributed by atoms with Crippen LogP contribution in [-0.4, -0.2) is 95.6 Å². The van der Waals surface area contributed by atoms with Gasteiger partial charge in [-0.3, -0.25) is 4.79 Å². The van der Waals surface area contributed by atoms with Crippen LogP contribution in [0.2, 0.25) is 0 Å². The Morgan fingerprint density at radius 1 is 0.854 bits per heavy atom. The number of carbonyl (C=O) groups is 2. The minimum Gasteiger partial charge on any atom is -0.465 e. The summed E-state index contributed by atoms with van der Waals surface area (Å²) in [6.07, 6.45) is 10.9. The number of ether oxygens (including phenoxy) is 6. The maximum atomic E-state index is 11.1. The molecule has 3 N–H and O–H groups in total. The van der Waals surface area contributed by atoms with Crippen molar-refractivity contribution in [2.75, 3.05) is 39.6 Å². The van der Waals surface area contributed by atoms with Crippen molar-refractivity contribution < 1.29 is 53.0 Å². The van der Waals surface area contributed by atoms with Crippen LogP contribution >= 0.6 is 0 Å². The number of hydrogen-bond acceptors (Lipinski definition) is 11. The van der Waals surface area contributed by atoms with Gasteiger partial charge in [0.2, 0.25) is 0 Å². The van der Waals surface area contributed by atoms with Crippen LogP contribution in [0.5, 0.6) is 0 Å². The van der Waals surface area contributed by atoms with Gasteiger partial charge in [-0.05, 0) is 39.5 Å². The molecule has 0 radical (unpaired) electrons. The Morgan fingerprint density at radius 2 is 1.29 bits per heavy atom. The average Bonchev–Trinajstić information content (AvgIpc) is 3.60. The summed E-state index contributed by atoms with van der Waals surface area (Å²) in [5.74, 6) is 6.07. The monoisotopic (exact) mass is 581 g/mol. The van der Waals surface area contributed by atoms with Crippen LogP contribution in [0.1, 0.15) is 79.1 Å². The second-order valence-electron chi connectivity index (χ2n) is 9.72. The molecule has 0 unspecified atom stereocenters. The molecular weight excluding hydrogens is 536 g/mol. The summed E-state index contributed by atoms with van der Waals surface area (Å²) < 4.78 is 31.4. The molecular formula is C29H45N2O10+. The third kappa shape index (κ3) is 11.9. The Labute approximate surface area is 242 Å². The predicted molar refractivity (Wildman–Crippen MR) is 146 cm³/mol. The molecule has 0 aromatic rings. The van der Waals surface area contributed by atoms with E-state index in [0.717, 1.165) is 6.21 Å². The highest BCUT2D eigenvalue weighted by Gasteiger charge is 2.45. The first-order valence-electron chi connectivity index (χ1n) is 13.6. The van der Waals surface area contributed by atoms with Crippen LogP contribution in [0, 0.1) is 29.7 Å². The lowest BCUT2D eigenvalue weighted by molar-refractivity contribution is -0.195. The van der Waals surface area contributed by atoms with Crippen LogP contribution in [0.15, 0.2) is 0 Å². The molecule has 2 spiro atoms. The highest BCUT2D eigenvalue weighted by molar-refractivity contribution is 6.20. The average molecular weight is 582 g/mol. The highest BCUT2D eigenvalue weighted by Crippen LogP contribution is 2.40. The van der Waals surface area contributed by atoms with Crippen molar-refractivity contribution in [3.05, 3.63) is 0 Å². The van der Waals surface area contributed by atoms with Gasteiger partial charge in [0.25, 0.3) is 0 Å². The fourth-order valence-corrected chi connectivity index (χ4v) is 4.65. The van der Waals surface area contributed by atoms with Crippen LogP contribution in [0.4, 0.5) is 0 Å². The quantitative estimate of drug-likeness (QED) is 0.147. The van der Waals surface area contributed by atoms with Crippen molar-refractivity contribution in [2.24, 2.45) is 0 Å². The van der Waals surface area contributed by atoms with E-state index in [9.17, 15) is 19.8 Å². The first-order valence-corrected chi connectivity index (χ1v) is 13.6. The van der Waals surface area contributed by atoms with E-state index in [1.807, 2.05) is 0 Å². The highest BCUT2D eigenvalue weighted by atomic mass is 16.7. The van der Waals surface area contributed by atoms with E-state index in [-0.39, 0.29) is 19.8 Å². The molecule has 2 saturated carbocycles. The van der Waals surface area contributed by atoms with E-state index in [1.165, 1.54) is 0 Å². The van der Waals surface area contributed by atoms with E-state index < -0.39 is 28.7 Å². The molecule has 0 aromatic heterocycles. The third-order valence-electron chi connectivity index (χ3n) is 6.89. The van der Waals surface area contributed by atoms with Gasteiger partial charge in [0.05, 0.1) is 50.0 Å². The zero-order valence-corrected chi connectivity index (χ0v) is 23.4. The van der Waals surface area contributed by atoms with Gasteiger partial charge in [0.15, 0.2) is 11.6 Å². The number of nitrogens with zero attached hydrogens (tertiary/aromatic N) is 1. The number of terminal acetylenes is 1. The Bertz CT molecular complexity index is 973. The first-order chi connectivity index (χ1) is 19.1. The molecule has 4 rings (SSSR count). The number of rotatable bonds is 4. The number of aliphatic hydroxyl groups is 2. The lowest BCUT2D eigenvalue weighted by Crippen LogP contribution is -2.42. The molecule has 12 heteroatoms. The summed E-state index contributed by atoms with van der Waals surface area (Å²) in [6.45, 7) is 6.67. The maximum absolute atomic E-state index is 11.1. The van der Waals surface area contributed by atoms with E-state index >= 15 is 0 Å². The lowest BCUT2D eigenvalue weighted by atomic mass is 9.81. The number of esters is 2. The Kier molecular flexibility index (Phi) is 15.2. The molecule has 2 aliphatic carbocycles. The van der Waals surface area contributed by atoms with Crippen molar-refractivity contribution in [3.8, 4) is 24.2 Å². The fourth-order valence-electron chi connectivity index (χ4n) is 4.65. The molecule has 0 bridgehead atoms. The normalized spacial score (nSPS) is 24.3. The summed E-state index contributed by atoms with van der Waals surface area (Å²) >= 11 is 0. The van der Waals surface area contributed by atoms with Crippen LogP contribution < -0.4 is 0 Å². The number of hydrogen-bond donors (Lipinski definition) is 3. The zero-order chi connectivity index (χ0) is 29.5. The van der Waals surface area contributed by atoms with Crippen LogP contribution in [0.3, 0.4) is 0 Å². The molecule has 2 heterocycles. The molecule has 2 saturated heterocycles. The van der Waals surface area contributed by atoms with E-state index in [4.69, 9.17) is 35.6 Å². The number of carbonyl (C=O) groups excluding carboxylic acids is 2. The molecule has 12 nitrogen and oxygen atoms in total. The van der Waals surface area contributed by atoms with Gasteiger partial charge in [-0.15, -0.1) is 6.42 Å². The largest absolute Gasteiger partial charge is 0.465 e. The van der Waals surface area contributed by atoms with Gasteiger partial charge in [-0.25, -0.2) is 4.79 Å². The second kappa shape index (κ2) is 17.2. The van der Waals surface area contributed by atoms with Gasteiger partial charge >= 0.3 is 18.2 Å². The minimum atomic E-state index is -1.03. The van der Waals surface area contributed by atoms with Gasteiger partial charge < -0.3 is 38.6 Å². The Hall–Kier alpha value is -2.80. The molecule has 4 fully saturated rings. The van der Waals surface area contributed by atoms with Crippen molar-refractivity contribution >= 4 is 18.2 Å². The topological polar surface area (TPSA) is 168 Å². The molecule has 2 aliphatic heterocycles. The molecule has 0 aromatic carbocycles. The lowest BCUT2D eigenvalue weighted by Gasteiger charge is -2.37. The van der Waals surface area contributed by atoms with Crippen LogP contribution in [-0.2, 0) is 38.0 Å². The molecule has 0 atom stereocenters. The maximum Gasteiger partial charge on any atom is 0.418 e. The smallest absolute Gasteiger partial charge is 0.418 e. The van der Waals surface area contributed by atoms with Gasteiger partial charge in [-0.2, -0.15) is 0 Å². The SMILES string of the molecule is C.C#CC1(O)CCC2(CC1)OCCO2.CCOC(=O)C=[N+]=N.CCOC(=O)CC#CC1(O)CCC2(CC1)OCCO2. The van der Waals surface area contributed by atoms with E-state index in [1.54, 1.807) is 13.8 Å². The van der Waals surface area contributed by atoms with Gasteiger partial charge in [0, 0.05) is 25.7 Å². The van der Waals surface area contributed by atoms with Crippen molar-refractivity contribution in [2.45, 2.75) is 102 Å². The molecule has 4 aliphatic rings. The van der Waals surface area contributed by atoms with Gasteiger partial charge in [0.1, 0.15) is 17.6 Å². The molecule has 230 valence electrons. The van der Waals surface area contributed by atoms with Gasteiger partial charge in [-0.1, -0.05) is 25.2 Å². The minimum absolute atomic E-state index is 0. The predicted octanol–water partition coefficient (Wildman–Crippen LogP) is 2.15. The number of nitrogens with one attached hydrogen (secondary N) is 1. The standard InChI is InChI=1S/C14H20O5.C10H14O3.C4H7N2O2.CH4/c1-2-17-12(15)4-3-5-13(16)6-8-14(9-7-13)18-10-11-19-14;1-2-9(11)3-5-10(6-4-9)12-7-8-13-10;1-2-8-4(7)3-6-5;/h16H,2,4,6-11H2,1H3;1,11H,3-8H2;3,5H,2H2,1H3;1H4/q;;+1;. The summed E-state index contributed by atoms with van der Waals surface area (Å²) in [6, 6.07) is 0. The third-order valence-corrected chi connectivity index (χ3v) is 6.89. The van der Waals surface area contributed by atoms with Crippen molar-refractivity contribution in [1.29, 1.82) is 5.53 Å². The van der Waals surface area contributed by atoms with Crippen molar-refractivity contribution in [1.82, 2.24) is 0 Å². The zero-order valence-electron chi connectivity index (χ0n) is 23.4. The molecule has 0 amide bonds. The van der Waals surface area contributed by atoms with E-state index in [0.29, 0.717) is 91.0 Å². The molecule has 41 heavy (non-hydrogen) atoms. The summed E-state index contributed by atoms with van der Waals surface area (Å²) in [4.78, 5) is 24.0. The summed E-state index contributed by atoms with van der Waals surface area (Å²) in [7, 11) is 0. The summed E-state index contributed by atoms with van der Waals surface area (Å²) in [5.41, 5.74) is 4.22. The van der Waals surface area contributed by atoms with Crippen molar-refractivity contribution in [3.63, 3.8) is 0 Å². The summed E-state index contributed by atoms with van der Waals surface area (Å²) in [5, 5.41) is 20.1.